The fourth-order valence-electron chi connectivity index (χ4n) is 5.17. The van der Waals surface area contributed by atoms with Crippen molar-refractivity contribution in [3.05, 3.63) is 58.1 Å². The Labute approximate surface area is 177 Å². The van der Waals surface area contributed by atoms with Gasteiger partial charge >= 0.3 is 5.97 Å². The van der Waals surface area contributed by atoms with Crippen LogP contribution in [0, 0.1) is 23.7 Å². The van der Waals surface area contributed by atoms with Gasteiger partial charge in [0.15, 0.2) is 0 Å². The number of hydrogen-bond donors (Lipinski definition) is 0. The summed E-state index contributed by atoms with van der Waals surface area (Å²) in [6, 6.07) is 11.0. The molecule has 2 bridgehead atoms. The lowest BCUT2D eigenvalue weighted by molar-refractivity contribution is -0.123. The van der Waals surface area contributed by atoms with E-state index in [1.165, 1.54) is 17.0 Å². The van der Waals surface area contributed by atoms with E-state index in [0.29, 0.717) is 22.5 Å². The molecule has 2 saturated carbocycles. The van der Waals surface area contributed by atoms with Crippen molar-refractivity contribution >= 4 is 46.7 Å². The Hall–Kier alpha value is -2.37. The van der Waals surface area contributed by atoms with Crippen molar-refractivity contribution in [2.24, 2.45) is 23.7 Å². The lowest BCUT2D eigenvalue weighted by Crippen LogP contribution is -2.32. The monoisotopic (exact) mass is 429 g/mol. The number of rotatable bonds is 3. The second-order valence-electron chi connectivity index (χ2n) is 7.91. The number of anilines is 1. The van der Waals surface area contributed by atoms with E-state index in [1.807, 2.05) is 0 Å². The van der Waals surface area contributed by atoms with Crippen LogP contribution in [0.25, 0.3) is 0 Å². The molecule has 5 rings (SSSR count). The van der Waals surface area contributed by atoms with Gasteiger partial charge in [-0.1, -0.05) is 29.3 Å². The van der Waals surface area contributed by atoms with Gasteiger partial charge in [0.05, 0.1) is 28.1 Å². The van der Waals surface area contributed by atoms with Crippen LogP contribution in [-0.2, 0) is 9.59 Å². The number of halogens is 2. The van der Waals surface area contributed by atoms with E-state index >= 15 is 0 Å². The van der Waals surface area contributed by atoms with Crippen LogP contribution >= 0.6 is 23.2 Å². The first kappa shape index (κ1) is 18.6. The Morgan fingerprint density at radius 1 is 0.966 bits per heavy atom. The number of carbonyl (C=O) groups is 3. The summed E-state index contributed by atoms with van der Waals surface area (Å²) in [5, 5.41) is 0.603. The Morgan fingerprint density at radius 3 is 2.31 bits per heavy atom. The summed E-state index contributed by atoms with van der Waals surface area (Å²) in [6.07, 6.45) is 3.04. The van der Waals surface area contributed by atoms with Crippen LogP contribution in [0.5, 0.6) is 5.75 Å². The molecule has 148 valence electrons. The van der Waals surface area contributed by atoms with E-state index in [1.54, 1.807) is 30.3 Å². The van der Waals surface area contributed by atoms with E-state index in [2.05, 4.69) is 0 Å². The summed E-state index contributed by atoms with van der Waals surface area (Å²) in [5.41, 5.74) is 0.613. The number of fused-ring (bicyclic) bond motifs is 5. The lowest BCUT2D eigenvalue weighted by atomic mass is 9.81. The number of benzene rings is 2. The molecule has 5 nitrogen and oxygen atoms in total. The van der Waals surface area contributed by atoms with Crippen LogP contribution < -0.4 is 9.64 Å². The van der Waals surface area contributed by atoms with Gasteiger partial charge in [-0.05, 0) is 61.4 Å². The van der Waals surface area contributed by atoms with Crippen molar-refractivity contribution in [3.8, 4) is 5.75 Å². The first-order chi connectivity index (χ1) is 13.9. The topological polar surface area (TPSA) is 63.7 Å². The van der Waals surface area contributed by atoms with Gasteiger partial charge in [-0.15, -0.1) is 0 Å². The Bertz CT molecular complexity index is 1020. The van der Waals surface area contributed by atoms with Crippen LogP contribution in [0.1, 0.15) is 29.6 Å². The van der Waals surface area contributed by atoms with Crippen molar-refractivity contribution in [1.82, 2.24) is 0 Å². The molecule has 7 heteroatoms. The fourth-order valence-corrected chi connectivity index (χ4v) is 5.65. The summed E-state index contributed by atoms with van der Waals surface area (Å²) < 4.78 is 5.42. The molecule has 0 N–H and O–H groups in total. The Kier molecular flexibility index (Phi) is 4.41. The highest BCUT2D eigenvalue weighted by molar-refractivity contribution is 6.36. The summed E-state index contributed by atoms with van der Waals surface area (Å²) >= 11 is 11.9. The Balaban J connectivity index is 1.40. The van der Waals surface area contributed by atoms with E-state index in [4.69, 9.17) is 27.9 Å². The van der Waals surface area contributed by atoms with Gasteiger partial charge in [0.1, 0.15) is 5.75 Å². The van der Waals surface area contributed by atoms with Crippen molar-refractivity contribution in [1.29, 1.82) is 0 Å². The van der Waals surface area contributed by atoms with Crippen molar-refractivity contribution in [2.75, 3.05) is 4.90 Å². The predicted octanol–water partition coefficient (Wildman–Crippen LogP) is 4.75. The number of amides is 2. The van der Waals surface area contributed by atoms with Crippen molar-refractivity contribution in [2.45, 2.75) is 19.3 Å². The molecule has 0 unspecified atom stereocenters. The average molecular weight is 430 g/mol. The van der Waals surface area contributed by atoms with Crippen molar-refractivity contribution in [3.63, 3.8) is 0 Å². The van der Waals surface area contributed by atoms with Gasteiger partial charge in [0.2, 0.25) is 11.8 Å². The molecule has 1 saturated heterocycles. The first-order valence-electron chi connectivity index (χ1n) is 9.59. The first-order valence-corrected chi connectivity index (χ1v) is 10.3. The standard InChI is InChI=1S/C22H17Cl2NO4/c23-13-6-7-16(17(24)9-13)22(28)29-15-3-1-2-14(10-15)25-20(26)18-11-4-5-12(8-11)19(18)21(25)27/h1-3,6-7,9-12,18-19H,4-5,8H2/t11-,12-,18-,19-/m0/s1. The molecule has 0 radical (unpaired) electrons. The highest BCUT2D eigenvalue weighted by Gasteiger charge is 2.61. The van der Waals surface area contributed by atoms with E-state index < -0.39 is 5.97 Å². The molecule has 2 aliphatic carbocycles. The van der Waals surface area contributed by atoms with Gasteiger partial charge in [0.25, 0.3) is 0 Å². The molecule has 1 heterocycles. The normalized spacial score (nSPS) is 27.4. The molecule has 1 aliphatic heterocycles. The summed E-state index contributed by atoms with van der Waals surface area (Å²) in [4.78, 5) is 39.7. The van der Waals surface area contributed by atoms with Gasteiger partial charge in [0, 0.05) is 11.1 Å². The molecule has 2 aromatic rings. The largest absolute Gasteiger partial charge is 0.423 e. The van der Waals surface area contributed by atoms with Crippen LogP contribution in [0.3, 0.4) is 0 Å². The molecule has 3 fully saturated rings. The third-order valence-electron chi connectivity index (χ3n) is 6.36. The SMILES string of the molecule is O=C(Oc1cccc(N2C(=O)[C@H]3[C@H]4CC[C@@H](C4)[C@@H]3C2=O)c1)c1ccc(Cl)cc1Cl. The van der Waals surface area contributed by atoms with Gasteiger partial charge < -0.3 is 4.74 Å². The van der Waals surface area contributed by atoms with Crippen LogP contribution in [-0.4, -0.2) is 17.8 Å². The number of esters is 1. The van der Waals surface area contributed by atoms with Gasteiger partial charge in [-0.25, -0.2) is 9.69 Å². The summed E-state index contributed by atoms with van der Waals surface area (Å²) in [7, 11) is 0. The molecule has 2 amide bonds. The number of carbonyl (C=O) groups excluding carboxylic acids is 3. The highest BCUT2D eigenvalue weighted by atomic mass is 35.5. The minimum absolute atomic E-state index is 0.128. The highest BCUT2D eigenvalue weighted by Crippen LogP contribution is 2.56. The molecular formula is C22H17Cl2NO4. The van der Waals surface area contributed by atoms with Crippen LogP contribution in [0.15, 0.2) is 42.5 Å². The number of nitrogens with zero attached hydrogens (tertiary/aromatic N) is 1. The number of hydrogen-bond acceptors (Lipinski definition) is 4. The minimum atomic E-state index is -0.641. The van der Waals surface area contributed by atoms with E-state index in [-0.39, 0.29) is 40.0 Å². The third-order valence-corrected chi connectivity index (χ3v) is 6.91. The second-order valence-corrected chi connectivity index (χ2v) is 8.75. The lowest BCUT2D eigenvalue weighted by Gasteiger charge is -2.19. The van der Waals surface area contributed by atoms with Crippen LogP contribution in [0.4, 0.5) is 5.69 Å². The van der Waals surface area contributed by atoms with Crippen LogP contribution in [0.2, 0.25) is 10.0 Å². The zero-order valence-electron chi connectivity index (χ0n) is 15.3. The second kappa shape index (κ2) is 6.85. The zero-order chi connectivity index (χ0) is 20.3. The van der Waals surface area contributed by atoms with Gasteiger partial charge in [-0.3, -0.25) is 9.59 Å². The van der Waals surface area contributed by atoms with E-state index in [9.17, 15) is 14.4 Å². The summed E-state index contributed by atoms with van der Waals surface area (Å²) in [6.45, 7) is 0. The zero-order valence-corrected chi connectivity index (χ0v) is 16.8. The average Bonchev–Trinajstić information content (AvgIpc) is 3.35. The molecular weight excluding hydrogens is 413 g/mol. The van der Waals surface area contributed by atoms with Gasteiger partial charge in [-0.2, -0.15) is 0 Å². The fraction of sp³-hybridized carbons (Fsp3) is 0.318. The smallest absolute Gasteiger partial charge is 0.345 e. The predicted molar refractivity (Wildman–Crippen MR) is 108 cm³/mol. The minimum Gasteiger partial charge on any atom is -0.423 e. The number of ether oxygens (including phenoxy) is 1. The molecule has 29 heavy (non-hydrogen) atoms. The number of imide groups is 1. The molecule has 4 atom stereocenters. The Morgan fingerprint density at radius 2 is 1.66 bits per heavy atom. The quantitative estimate of drug-likeness (QED) is 0.401. The van der Waals surface area contributed by atoms with Crippen molar-refractivity contribution < 1.29 is 19.1 Å². The molecule has 3 aliphatic rings. The maximum Gasteiger partial charge on any atom is 0.345 e. The maximum absolute atomic E-state index is 13.0. The third kappa shape index (κ3) is 2.95. The molecule has 0 spiro atoms. The maximum atomic E-state index is 13.0. The molecule has 2 aromatic carbocycles. The molecule has 0 aromatic heterocycles. The summed E-state index contributed by atoms with van der Waals surface area (Å²) in [5.74, 6) is -0.413. The van der Waals surface area contributed by atoms with E-state index in [0.717, 1.165) is 19.3 Å².